The molecule has 1 N–H and O–H groups in total. The van der Waals surface area contributed by atoms with Gasteiger partial charge in [-0.25, -0.2) is 4.79 Å². The first-order chi connectivity index (χ1) is 16.6. The van der Waals surface area contributed by atoms with Crippen LogP contribution in [0.25, 0.3) is 0 Å². The van der Waals surface area contributed by atoms with E-state index in [0.717, 1.165) is 16.6 Å². The number of carbonyl (C=O) groups excluding carboxylic acids is 1. The van der Waals surface area contributed by atoms with Gasteiger partial charge in [0.2, 0.25) is 0 Å². The van der Waals surface area contributed by atoms with Crippen LogP contribution in [0, 0.1) is 0 Å². The van der Waals surface area contributed by atoms with Gasteiger partial charge in [-0.15, -0.1) is 0 Å². The molecule has 35 heavy (non-hydrogen) atoms. The Morgan fingerprint density at radius 2 is 1.54 bits per heavy atom. The van der Waals surface area contributed by atoms with Crippen molar-refractivity contribution in [1.82, 2.24) is 4.90 Å². The van der Waals surface area contributed by atoms with E-state index in [9.17, 15) is 9.90 Å². The van der Waals surface area contributed by atoms with Gasteiger partial charge in [-0.1, -0.05) is 54.6 Å². The number of aliphatic hydroxyl groups is 1. The number of hydrogen-bond donors (Lipinski definition) is 1. The van der Waals surface area contributed by atoms with Crippen LogP contribution >= 0.6 is 0 Å². The van der Waals surface area contributed by atoms with Crippen LogP contribution in [0.2, 0.25) is 0 Å². The van der Waals surface area contributed by atoms with Gasteiger partial charge in [0, 0.05) is 12.8 Å². The molecule has 5 rings (SSSR count). The summed E-state index contributed by atoms with van der Waals surface area (Å²) in [5.74, 6) is 0. The third kappa shape index (κ3) is 4.60. The Balaban J connectivity index is 1.28. The molecule has 0 aliphatic carbocycles. The van der Waals surface area contributed by atoms with Crippen molar-refractivity contribution in [3.8, 4) is 0 Å². The number of fused-ring (bicyclic) bond motifs is 2. The summed E-state index contributed by atoms with van der Waals surface area (Å²) in [6, 6.07) is 16.9. The zero-order valence-electron chi connectivity index (χ0n) is 20.9. The van der Waals surface area contributed by atoms with Gasteiger partial charge in [0.1, 0.15) is 6.61 Å². The number of carbonyl (C=O) groups is 1. The summed E-state index contributed by atoms with van der Waals surface area (Å²) in [6.45, 7) is 9.11. The van der Waals surface area contributed by atoms with Crippen molar-refractivity contribution in [3.63, 3.8) is 0 Å². The molecule has 0 spiro atoms. The lowest BCUT2D eigenvalue weighted by Crippen LogP contribution is -2.62. The normalized spacial score (nSPS) is 29.2. The highest BCUT2D eigenvalue weighted by Crippen LogP contribution is 2.41. The zero-order valence-corrected chi connectivity index (χ0v) is 20.9. The first kappa shape index (κ1) is 24.3. The second-order valence-corrected chi connectivity index (χ2v) is 10.9. The fourth-order valence-corrected chi connectivity index (χ4v) is 5.23. The van der Waals surface area contributed by atoms with Crippen molar-refractivity contribution in [2.75, 3.05) is 13.2 Å². The molecule has 2 aromatic carbocycles. The summed E-state index contributed by atoms with van der Waals surface area (Å²) in [5.41, 5.74) is 0.817. The van der Waals surface area contributed by atoms with Gasteiger partial charge >= 0.3 is 13.2 Å². The van der Waals surface area contributed by atoms with E-state index < -0.39 is 23.9 Å². The fraction of sp³-hybridized carbons (Fsp3) is 0.519. The lowest BCUT2D eigenvalue weighted by atomic mass is 9.74. The van der Waals surface area contributed by atoms with Gasteiger partial charge in [-0.3, -0.25) is 4.90 Å². The molecule has 0 saturated carbocycles. The number of piperidine rings is 1. The number of ether oxygens (including phenoxy) is 2. The highest BCUT2D eigenvalue weighted by Gasteiger charge is 2.52. The Morgan fingerprint density at radius 1 is 0.971 bits per heavy atom. The van der Waals surface area contributed by atoms with Crippen LogP contribution in [0.4, 0.5) is 4.79 Å². The van der Waals surface area contributed by atoms with Gasteiger partial charge in [-0.2, -0.15) is 0 Å². The Hall–Kier alpha value is -2.39. The van der Waals surface area contributed by atoms with Crippen LogP contribution in [0.3, 0.4) is 0 Å². The van der Waals surface area contributed by atoms with Gasteiger partial charge in [0.25, 0.3) is 0 Å². The topological polar surface area (TPSA) is 77.5 Å². The van der Waals surface area contributed by atoms with Crippen LogP contribution in [-0.2, 0) is 31.0 Å². The lowest BCUT2D eigenvalue weighted by Gasteiger charge is -2.51. The third-order valence-electron chi connectivity index (χ3n) is 7.94. The minimum Gasteiger partial charge on any atom is -0.445 e. The highest BCUT2D eigenvalue weighted by atomic mass is 16.7. The number of rotatable bonds is 4. The molecule has 2 aromatic rings. The molecular formula is C27H34BNO6. The van der Waals surface area contributed by atoms with Crippen molar-refractivity contribution in [3.05, 3.63) is 65.7 Å². The number of benzene rings is 2. The second-order valence-electron chi connectivity index (χ2n) is 10.9. The van der Waals surface area contributed by atoms with Crippen LogP contribution in [0.1, 0.15) is 51.7 Å². The van der Waals surface area contributed by atoms with Gasteiger partial charge in [-0.05, 0) is 44.3 Å². The minimum absolute atomic E-state index is 0.223. The Labute approximate surface area is 207 Å². The Bertz CT molecular complexity index is 1030. The van der Waals surface area contributed by atoms with Gasteiger partial charge in [0.15, 0.2) is 0 Å². The van der Waals surface area contributed by atoms with Crippen molar-refractivity contribution in [1.29, 1.82) is 0 Å². The van der Waals surface area contributed by atoms with Crippen LogP contribution < -0.4 is 5.46 Å². The first-order valence-corrected chi connectivity index (χ1v) is 12.3. The Kier molecular flexibility index (Phi) is 6.20. The molecular weight excluding hydrogens is 445 g/mol. The summed E-state index contributed by atoms with van der Waals surface area (Å²) in [6.07, 6.45) is 0.421. The zero-order chi connectivity index (χ0) is 24.8. The number of morpholine rings is 1. The number of hydrogen-bond acceptors (Lipinski definition) is 6. The maximum atomic E-state index is 13.0. The van der Waals surface area contributed by atoms with Crippen LogP contribution in [-0.4, -0.2) is 59.7 Å². The third-order valence-corrected chi connectivity index (χ3v) is 7.94. The molecule has 2 unspecified atom stereocenters. The molecule has 2 atom stereocenters. The van der Waals surface area contributed by atoms with E-state index in [-0.39, 0.29) is 24.8 Å². The smallest absolute Gasteiger partial charge is 0.445 e. The van der Waals surface area contributed by atoms with Gasteiger partial charge < -0.3 is 23.9 Å². The lowest BCUT2D eigenvalue weighted by molar-refractivity contribution is -0.136. The molecule has 3 aliphatic heterocycles. The van der Waals surface area contributed by atoms with Gasteiger partial charge in [0.05, 0.1) is 42.1 Å². The standard InChI is InChI=1S/C27H34BNO6/c1-25(2)26(3,4)35-28(34-25)21-12-10-20(11-13-21)27(31)14-22-17-32-18-23(15-27)29(22)24(30)33-16-19-8-6-5-7-9-19/h5-13,22-23,31H,14-18H2,1-4H3. The van der Waals surface area contributed by atoms with E-state index in [0.29, 0.717) is 26.1 Å². The van der Waals surface area contributed by atoms with Crippen molar-refractivity contribution >= 4 is 18.7 Å². The molecule has 7 nitrogen and oxygen atoms in total. The molecule has 3 aliphatic rings. The predicted octanol–water partition coefficient (Wildman–Crippen LogP) is 3.37. The molecule has 0 radical (unpaired) electrons. The SMILES string of the molecule is CC1(C)OB(c2ccc(C3(O)CC4COCC(C3)N4C(=O)OCc3ccccc3)cc2)OC1(C)C. The maximum absolute atomic E-state index is 13.0. The van der Waals surface area contributed by atoms with Crippen LogP contribution in [0.5, 0.6) is 0 Å². The van der Waals surface area contributed by atoms with Crippen molar-refractivity contribution in [2.45, 2.75) is 76.0 Å². The Morgan fingerprint density at radius 3 is 2.11 bits per heavy atom. The minimum atomic E-state index is -1.05. The second kappa shape index (κ2) is 8.93. The molecule has 186 valence electrons. The molecule has 1 amide bonds. The van der Waals surface area contributed by atoms with E-state index in [2.05, 4.69) is 0 Å². The van der Waals surface area contributed by atoms with E-state index >= 15 is 0 Å². The predicted molar refractivity (Wildman–Crippen MR) is 132 cm³/mol. The van der Waals surface area contributed by atoms with Crippen molar-refractivity contribution in [2.24, 2.45) is 0 Å². The number of amides is 1. The number of nitrogens with zero attached hydrogens (tertiary/aromatic N) is 1. The summed E-state index contributed by atoms with van der Waals surface area (Å²) >= 11 is 0. The first-order valence-electron chi connectivity index (χ1n) is 12.3. The van der Waals surface area contributed by atoms with E-state index in [1.54, 1.807) is 4.90 Å². The average molecular weight is 479 g/mol. The van der Waals surface area contributed by atoms with Crippen molar-refractivity contribution < 1.29 is 28.7 Å². The molecule has 0 aromatic heterocycles. The highest BCUT2D eigenvalue weighted by molar-refractivity contribution is 6.62. The molecule has 3 fully saturated rings. The van der Waals surface area contributed by atoms with Crippen LogP contribution in [0.15, 0.2) is 54.6 Å². The molecule has 2 bridgehead atoms. The molecule has 3 saturated heterocycles. The largest absolute Gasteiger partial charge is 0.494 e. The summed E-state index contributed by atoms with van der Waals surface area (Å²) in [7, 11) is -0.447. The monoisotopic (exact) mass is 479 g/mol. The average Bonchev–Trinajstić information content (AvgIpc) is 3.04. The molecule has 3 heterocycles. The molecule has 8 heteroatoms. The fourth-order valence-electron chi connectivity index (χ4n) is 5.23. The van der Waals surface area contributed by atoms with E-state index in [4.69, 9.17) is 18.8 Å². The quantitative estimate of drug-likeness (QED) is 0.678. The maximum Gasteiger partial charge on any atom is 0.494 e. The summed E-state index contributed by atoms with van der Waals surface area (Å²) in [5, 5.41) is 11.7. The van der Waals surface area contributed by atoms with E-state index in [1.165, 1.54) is 0 Å². The summed E-state index contributed by atoms with van der Waals surface area (Å²) < 4.78 is 23.7. The summed E-state index contributed by atoms with van der Waals surface area (Å²) in [4.78, 5) is 14.7. The van der Waals surface area contributed by atoms with E-state index in [1.807, 2.05) is 82.3 Å².